The lowest BCUT2D eigenvalue weighted by molar-refractivity contribution is -0.193. The number of esters is 1. The van der Waals surface area contributed by atoms with Crippen molar-refractivity contribution < 1.29 is 55.7 Å². The van der Waals surface area contributed by atoms with Gasteiger partial charge in [-0.3, -0.25) is 4.40 Å². The van der Waals surface area contributed by atoms with Crippen molar-refractivity contribution in [3.8, 4) is 0 Å². The molecular formula is C20H22F6N6O6. The molecule has 0 fully saturated rings. The van der Waals surface area contributed by atoms with Gasteiger partial charge in [-0.15, -0.1) is 10.2 Å². The molecule has 0 unspecified atom stereocenters. The number of unbranched alkanes of at least 4 members (excludes halogenated alkanes) is 1. The Labute approximate surface area is 209 Å². The summed E-state index contributed by atoms with van der Waals surface area (Å²) in [5.74, 6) is -4.51. The number of carboxylic acids is 2. The molecule has 0 saturated carbocycles. The second-order valence-corrected chi connectivity index (χ2v) is 7.09. The summed E-state index contributed by atoms with van der Waals surface area (Å²) in [7, 11) is 1.36. The van der Waals surface area contributed by atoms with Gasteiger partial charge >= 0.3 is 30.3 Å². The number of carboxylic acid groups (broad SMARTS) is 2. The van der Waals surface area contributed by atoms with Crippen LogP contribution < -0.4 is 11.1 Å². The Kier molecular flexibility index (Phi) is 11.2. The zero-order valence-electron chi connectivity index (χ0n) is 19.7. The quantitative estimate of drug-likeness (QED) is 0.199. The van der Waals surface area contributed by atoms with Gasteiger partial charge in [-0.2, -0.15) is 26.3 Å². The number of halogens is 6. The molecule has 0 aliphatic carbocycles. The van der Waals surface area contributed by atoms with Crippen molar-refractivity contribution in [3.05, 3.63) is 29.6 Å². The van der Waals surface area contributed by atoms with Crippen LogP contribution in [0, 0.1) is 6.92 Å². The number of aliphatic carboxylic acids is 2. The Hall–Kier alpha value is -4.22. The Bertz CT molecular complexity index is 1250. The third-order valence-corrected chi connectivity index (χ3v) is 4.31. The molecule has 1 aromatic carbocycles. The molecule has 0 amide bonds. The number of hydrogen-bond donors (Lipinski definition) is 4. The number of carbonyl (C=O) groups excluding carboxylic acids is 1. The summed E-state index contributed by atoms with van der Waals surface area (Å²) >= 11 is 0. The molecule has 3 rings (SSSR count). The molecule has 18 heteroatoms. The average Bonchev–Trinajstić information content (AvgIpc) is 3.22. The predicted molar refractivity (Wildman–Crippen MR) is 119 cm³/mol. The number of alkyl halides is 6. The van der Waals surface area contributed by atoms with E-state index in [1.54, 1.807) is 12.1 Å². The summed E-state index contributed by atoms with van der Waals surface area (Å²) in [6.45, 7) is 3.29. The van der Waals surface area contributed by atoms with Crippen LogP contribution in [0.25, 0.3) is 16.7 Å². The van der Waals surface area contributed by atoms with Gasteiger partial charge in [-0.05, 0) is 44.5 Å². The monoisotopic (exact) mass is 556 g/mol. The molecule has 3 aromatic rings. The number of fused-ring (bicyclic) bond motifs is 3. The molecule has 0 aliphatic heterocycles. The number of anilines is 1. The van der Waals surface area contributed by atoms with Crippen molar-refractivity contribution >= 4 is 40.4 Å². The Morgan fingerprint density at radius 2 is 1.58 bits per heavy atom. The number of nitrogens with zero attached hydrogens (tertiary/aromatic N) is 4. The van der Waals surface area contributed by atoms with Crippen LogP contribution in [-0.2, 0) is 14.3 Å². The first-order chi connectivity index (χ1) is 17.5. The molecule has 210 valence electrons. The van der Waals surface area contributed by atoms with E-state index >= 15 is 0 Å². The molecule has 0 saturated heterocycles. The first kappa shape index (κ1) is 31.8. The Balaban J connectivity index is 0.000000426. The Morgan fingerprint density at radius 3 is 2.05 bits per heavy atom. The van der Waals surface area contributed by atoms with Crippen molar-refractivity contribution in [2.45, 2.75) is 32.1 Å². The van der Waals surface area contributed by atoms with Crippen LogP contribution in [0.1, 0.15) is 29.0 Å². The summed E-state index contributed by atoms with van der Waals surface area (Å²) in [4.78, 5) is 34.2. The minimum Gasteiger partial charge on any atom is -0.475 e. The van der Waals surface area contributed by atoms with Crippen LogP contribution in [-0.4, -0.2) is 80.3 Å². The van der Waals surface area contributed by atoms with E-state index in [0.717, 1.165) is 30.7 Å². The highest BCUT2D eigenvalue weighted by atomic mass is 19.4. The van der Waals surface area contributed by atoms with Crippen LogP contribution in [0.3, 0.4) is 0 Å². The molecule has 0 atom stereocenters. The van der Waals surface area contributed by atoms with E-state index in [-0.39, 0.29) is 0 Å². The van der Waals surface area contributed by atoms with Gasteiger partial charge < -0.3 is 26.0 Å². The molecule has 2 heterocycles. The average molecular weight is 556 g/mol. The van der Waals surface area contributed by atoms with E-state index in [2.05, 4.69) is 20.5 Å². The van der Waals surface area contributed by atoms with Crippen molar-refractivity contribution in [2.75, 3.05) is 25.5 Å². The first-order valence-corrected chi connectivity index (χ1v) is 10.3. The third-order valence-electron chi connectivity index (χ3n) is 4.31. The summed E-state index contributed by atoms with van der Waals surface area (Å²) < 4.78 is 70.2. The standard InChI is InChI=1S/C16H20N6O2.2C2HF3O2/c1-10-20-21-15-14(18-8-4-3-7-17)19-12-9-11(16(23)24-2)5-6-13(12)22(10)15;2*3-2(4,5)1(6)7/h5-6,9H,3-4,7-8,17H2,1-2H3,(H,18,19);2*(H,6,7). The van der Waals surface area contributed by atoms with E-state index < -0.39 is 30.3 Å². The van der Waals surface area contributed by atoms with E-state index in [1.165, 1.54) is 7.11 Å². The topological polar surface area (TPSA) is 182 Å². The maximum atomic E-state index is 11.8. The largest absolute Gasteiger partial charge is 0.490 e. The lowest BCUT2D eigenvalue weighted by Crippen LogP contribution is -2.21. The van der Waals surface area contributed by atoms with Gasteiger partial charge in [0.2, 0.25) is 5.65 Å². The van der Waals surface area contributed by atoms with Crippen molar-refractivity contribution in [3.63, 3.8) is 0 Å². The number of carbonyl (C=O) groups is 3. The van der Waals surface area contributed by atoms with Crippen molar-refractivity contribution in [1.29, 1.82) is 0 Å². The van der Waals surface area contributed by atoms with E-state index in [9.17, 15) is 31.1 Å². The maximum absolute atomic E-state index is 11.8. The van der Waals surface area contributed by atoms with Crippen LogP contribution >= 0.6 is 0 Å². The van der Waals surface area contributed by atoms with Gasteiger partial charge in [0.25, 0.3) is 0 Å². The second kappa shape index (κ2) is 13.4. The summed E-state index contributed by atoms with van der Waals surface area (Å²) in [5.41, 5.74) is 8.16. The number of aromatic nitrogens is 4. The lowest BCUT2D eigenvalue weighted by atomic mass is 10.2. The fourth-order valence-corrected chi connectivity index (χ4v) is 2.62. The fraction of sp³-hybridized carbons (Fsp3) is 0.400. The zero-order chi connectivity index (χ0) is 29.3. The van der Waals surface area contributed by atoms with Gasteiger partial charge in [-0.25, -0.2) is 19.4 Å². The van der Waals surface area contributed by atoms with Gasteiger partial charge in [0.05, 0.1) is 23.7 Å². The highest BCUT2D eigenvalue weighted by Gasteiger charge is 2.38. The zero-order valence-corrected chi connectivity index (χ0v) is 19.7. The number of ether oxygens (including phenoxy) is 1. The third kappa shape index (κ3) is 9.02. The fourth-order valence-electron chi connectivity index (χ4n) is 2.62. The van der Waals surface area contributed by atoms with Gasteiger partial charge in [0.1, 0.15) is 5.82 Å². The summed E-state index contributed by atoms with van der Waals surface area (Å²) in [5, 5.41) is 25.9. The number of benzene rings is 1. The molecule has 12 nitrogen and oxygen atoms in total. The lowest BCUT2D eigenvalue weighted by Gasteiger charge is -2.10. The highest BCUT2D eigenvalue weighted by Crippen LogP contribution is 2.23. The number of methoxy groups -OCH3 is 1. The van der Waals surface area contributed by atoms with E-state index in [1.807, 2.05) is 17.4 Å². The smallest absolute Gasteiger partial charge is 0.475 e. The SMILES string of the molecule is COC(=O)c1ccc2c(c1)nc(NCCCCN)c1nnc(C)n12.O=C(O)C(F)(F)F.O=C(O)C(F)(F)F. The molecule has 5 N–H and O–H groups in total. The number of hydrogen-bond acceptors (Lipinski definition) is 9. The van der Waals surface area contributed by atoms with Crippen LogP contribution in [0.2, 0.25) is 0 Å². The molecule has 0 aliphatic rings. The molecule has 2 aromatic heterocycles. The first-order valence-electron chi connectivity index (χ1n) is 10.3. The normalized spacial score (nSPS) is 11.2. The molecule has 0 spiro atoms. The van der Waals surface area contributed by atoms with Crippen LogP contribution in [0.5, 0.6) is 0 Å². The molecule has 0 bridgehead atoms. The minimum atomic E-state index is -5.08. The number of nitrogens with two attached hydrogens (primary N) is 1. The highest BCUT2D eigenvalue weighted by molar-refractivity contribution is 5.94. The maximum Gasteiger partial charge on any atom is 0.490 e. The number of nitrogens with one attached hydrogen (secondary N) is 1. The Morgan fingerprint density at radius 1 is 1.03 bits per heavy atom. The van der Waals surface area contributed by atoms with Crippen molar-refractivity contribution in [2.24, 2.45) is 5.73 Å². The van der Waals surface area contributed by atoms with Gasteiger partial charge in [0, 0.05) is 6.54 Å². The molecule has 0 radical (unpaired) electrons. The summed E-state index contributed by atoms with van der Waals surface area (Å²) in [6.07, 6.45) is -8.28. The predicted octanol–water partition coefficient (Wildman–Crippen LogP) is 2.79. The second-order valence-electron chi connectivity index (χ2n) is 7.09. The van der Waals surface area contributed by atoms with Crippen LogP contribution in [0.4, 0.5) is 32.2 Å². The molecular weight excluding hydrogens is 534 g/mol. The molecule has 38 heavy (non-hydrogen) atoms. The van der Waals surface area contributed by atoms with Crippen molar-refractivity contribution in [1.82, 2.24) is 19.6 Å². The number of rotatable bonds is 6. The van der Waals surface area contributed by atoms with Gasteiger partial charge in [-0.1, -0.05) is 0 Å². The van der Waals surface area contributed by atoms with Gasteiger partial charge in [0.15, 0.2) is 5.82 Å². The van der Waals surface area contributed by atoms with E-state index in [0.29, 0.717) is 29.1 Å². The van der Waals surface area contributed by atoms with Crippen LogP contribution in [0.15, 0.2) is 18.2 Å². The minimum absolute atomic E-state index is 0.392. The van der Waals surface area contributed by atoms with E-state index in [4.69, 9.17) is 30.3 Å². The summed E-state index contributed by atoms with van der Waals surface area (Å²) in [6, 6.07) is 5.25. The number of aryl methyl sites for hydroxylation is 1.